The van der Waals surface area contributed by atoms with Gasteiger partial charge in [-0.3, -0.25) is 0 Å². The second kappa shape index (κ2) is 1.66. The molecule has 1 radical (unpaired) electrons. The second-order valence-electron chi connectivity index (χ2n) is 1.90. The van der Waals surface area contributed by atoms with Crippen molar-refractivity contribution in [3.8, 4) is 0 Å². The van der Waals surface area contributed by atoms with Crippen LogP contribution in [0, 0.1) is 6.08 Å². The van der Waals surface area contributed by atoms with E-state index in [4.69, 9.17) is 5.73 Å². The summed E-state index contributed by atoms with van der Waals surface area (Å²) in [5.41, 5.74) is 4.98. The van der Waals surface area contributed by atoms with Crippen LogP contribution in [0.3, 0.4) is 0 Å². The molecule has 1 unspecified atom stereocenters. The lowest BCUT2D eigenvalue weighted by Crippen LogP contribution is -2.41. The van der Waals surface area contributed by atoms with Gasteiger partial charge in [0, 0.05) is 0 Å². The van der Waals surface area contributed by atoms with Gasteiger partial charge in [-0.1, -0.05) is 9.69 Å². The maximum Gasteiger partial charge on any atom is 0.445 e. The zero-order valence-corrected chi connectivity index (χ0v) is 5.03. The van der Waals surface area contributed by atoms with E-state index in [0.717, 1.165) is 0 Å². The molecule has 0 saturated carbocycles. The van der Waals surface area contributed by atoms with Gasteiger partial charge < -0.3 is 5.73 Å². The summed E-state index contributed by atoms with van der Waals surface area (Å²) in [4.78, 5) is 10.5. The van der Waals surface area contributed by atoms with Crippen LogP contribution in [0.1, 0.15) is 0 Å². The number of amides is 2. The van der Waals surface area contributed by atoms with E-state index in [9.17, 15) is 4.79 Å². The fourth-order valence-corrected chi connectivity index (χ4v) is 0.486. The molecule has 2 N–H and O–H groups in total. The normalized spacial score (nSPS) is 31.2. The minimum atomic E-state index is -0.503. The Morgan fingerprint density at radius 1 is 1.89 bits per heavy atom. The van der Waals surface area contributed by atoms with Crippen LogP contribution in [0.15, 0.2) is 11.3 Å². The molecule has 47 valence electrons. The van der Waals surface area contributed by atoms with Gasteiger partial charge >= 0.3 is 6.03 Å². The SMILES string of the molecule is C[N+]1(C(N)=O)C=[C]C=N1. The fraction of sp³-hybridized carbons (Fsp3) is 0.200. The van der Waals surface area contributed by atoms with Crippen LogP contribution < -0.4 is 5.73 Å². The van der Waals surface area contributed by atoms with E-state index in [-0.39, 0.29) is 4.59 Å². The molecule has 1 atom stereocenters. The number of carbonyl (C=O) groups excluding carboxylic acids is 1. The average Bonchev–Trinajstić information content (AvgIpc) is 2.16. The molecule has 1 heterocycles. The number of rotatable bonds is 0. The summed E-state index contributed by atoms with van der Waals surface area (Å²) in [6, 6.07) is -0.503. The summed E-state index contributed by atoms with van der Waals surface area (Å²) in [5, 5.41) is 3.74. The van der Waals surface area contributed by atoms with Gasteiger partial charge in [0.25, 0.3) is 0 Å². The third-order valence-corrected chi connectivity index (χ3v) is 1.14. The first kappa shape index (κ1) is 5.97. The highest BCUT2D eigenvalue weighted by atomic mass is 16.2. The van der Waals surface area contributed by atoms with Gasteiger partial charge in [0.1, 0.15) is 13.2 Å². The predicted molar refractivity (Wildman–Crippen MR) is 32.1 cm³/mol. The first-order chi connectivity index (χ1) is 4.15. The third kappa shape index (κ3) is 0.837. The van der Waals surface area contributed by atoms with E-state index >= 15 is 0 Å². The second-order valence-corrected chi connectivity index (χ2v) is 1.90. The molecule has 0 spiro atoms. The highest BCUT2D eigenvalue weighted by molar-refractivity contribution is 5.72. The number of hydrogen-bond acceptors (Lipinski definition) is 2. The first-order valence-electron chi connectivity index (χ1n) is 2.46. The Balaban J connectivity index is 2.88. The first-order valence-corrected chi connectivity index (χ1v) is 2.46. The lowest BCUT2D eigenvalue weighted by molar-refractivity contribution is -0.778. The molecule has 9 heavy (non-hydrogen) atoms. The highest BCUT2D eigenvalue weighted by Gasteiger charge is 2.28. The molecule has 0 aromatic rings. The third-order valence-electron chi connectivity index (χ3n) is 1.14. The van der Waals surface area contributed by atoms with E-state index in [0.29, 0.717) is 0 Å². The van der Waals surface area contributed by atoms with Gasteiger partial charge in [-0.05, 0) is 0 Å². The Labute approximate surface area is 52.8 Å². The van der Waals surface area contributed by atoms with Crippen LogP contribution in [-0.2, 0) is 0 Å². The van der Waals surface area contributed by atoms with E-state index in [1.54, 1.807) is 7.05 Å². The van der Waals surface area contributed by atoms with Crippen molar-refractivity contribution >= 4 is 12.2 Å². The summed E-state index contributed by atoms with van der Waals surface area (Å²) >= 11 is 0. The minimum Gasteiger partial charge on any atom is -0.316 e. The van der Waals surface area contributed by atoms with Gasteiger partial charge in [-0.15, -0.1) is 0 Å². The lowest BCUT2D eigenvalue weighted by Gasteiger charge is -2.12. The zero-order chi connectivity index (χ0) is 6.91. The molecule has 4 heteroatoms. The van der Waals surface area contributed by atoms with Gasteiger partial charge in [0.2, 0.25) is 0 Å². The Morgan fingerprint density at radius 3 is 2.78 bits per heavy atom. The Hall–Kier alpha value is -1.16. The lowest BCUT2D eigenvalue weighted by atomic mass is 10.6. The summed E-state index contributed by atoms with van der Waals surface area (Å²) in [6.45, 7) is 0. The molecule has 2 amide bonds. The van der Waals surface area contributed by atoms with Crippen LogP contribution in [-0.4, -0.2) is 23.9 Å². The minimum absolute atomic E-state index is 0.222. The van der Waals surface area contributed by atoms with Crippen LogP contribution in [0.5, 0.6) is 0 Å². The van der Waals surface area contributed by atoms with Crippen molar-refractivity contribution in [2.75, 3.05) is 7.05 Å². The number of hydrogen-bond donors (Lipinski definition) is 1. The topological polar surface area (TPSA) is 55.5 Å². The molecule has 0 aromatic carbocycles. The fourth-order valence-electron chi connectivity index (χ4n) is 0.486. The summed E-state index contributed by atoms with van der Waals surface area (Å²) in [6.07, 6.45) is 5.56. The van der Waals surface area contributed by atoms with Gasteiger partial charge in [0.15, 0.2) is 0 Å². The largest absolute Gasteiger partial charge is 0.445 e. The van der Waals surface area contributed by atoms with Crippen LogP contribution >= 0.6 is 0 Å². The maximum absolute atomic E-state index is 10.5. The number of urea groups is 1. The van der Waals surface area contributed by atoms with Gasteiger partial charge in [0.05, 0.1) is 12.3 Å². The Bertz CT molecular complexity index is 182. The van der Waals surface area contributed by atoms with Crippen molar-refractivity contribution in [1.29, 1.82) is 0 Å². The molecule has 0 saturated heterocycles. The summed E-state index contributed by atoms with van der Waals surface area (Å²) in [7, 11) is 1.58. The Morgan fingerprint density at radius 2 is 2.56 bits per heavy atom. The molecular formula is C5H7N3O+. The standard InChI is InChI=1S/C5H6N3O/c1-8(5(6)9)4-2-3-7-8/h3-4H,1H3,(H-,6,9)/p+1. The van der Waals surface area contributed by atoms with Crippen molar-refractivity contribution in [3.63, 3.8) is 0 Å². The monoisotopic (exact) mass is 125 g/mol. The van der Waals surface area contributed by atoms with E-state index < -0.39 is 6.03 Å². The zero-order valence-electron chi connectivity index (χ0n) is 5.03. The molecule has 1 aliphatic rings. The number of nitrogens with zero attached hydrogens (tertiary/aromatic N) is 2. The smallest absolute Gasteiger partial charge is 0.316 e. The van der Waals surface area contributed by atoms with E-state index in [1.807, 2.05) is 0 Å². The van der Waals surface area contributed by atoms with Crippen molar-refractivity contribution in [2.24, 2.45) is 10.8 Å². The summed E-state index contributed by atoms with van der Waals surface area (Å²) in [5.74, 6) is 0. The predicted octanol–water partition coefficient (Wildman–Crippen LogP) is -0.172. The highest BCUT2D eigenvalue weighted by Crippen LogP contribution is 2.07. The van der Waals surface area contributed by atoms with Crippen LogP contribution in [0.4, 0.5) is 4.79 Å². The molecule has 0 fully saturated rings. The van der Waals surface area contributed by atoms with E-state index in [1.165, 1.54) is 12.4 Å². The maximum atomic E-state index is 10.5. The number of quaternary nitrogens is 1. The number of allylic oxidation sites excluding steroid dienone is 1. The number of primary amides is 1. The van der Waals surface area contributed by atoms with Crippen LogP contribution in [0.2, 0.25) is 0 Å². The van der Waals surface area contributed by atoms with Crippen molar-refractivity contribution < 1.29 is 9.39 Å². The molecule has 0 aromatic heterocycles. The molecular weight excluding hydrogens is 118 g/mol. The molecule has 0 aliphatic carbocycles. The number of carbonyl (C=O) groups is 1. The van der Waals surface area contributed by atoms with Crippen molar-refractivity contribution in [2.45, 2.75) is 0 Å². The molecule has 0 bridgehead atoms. The average molecular weight is 125 g/mol. The van der Waals surface area contributed by atoms with Crippen molar-refractivity contribution in [3.05, 3.63) is 12.3 Å². The van der Waals surface area contributed by atoms with Gasteiger partial charge in [-0.2, -0.15) is 0 Å². The molecule has 4 nitrogen and oxygen atoms in total. The van der Waals surface area contributed by atoms with E-state index in [2.05, 4.69) is 11.2 Å². The van der Waals surface area contributed by atoms with Crippen LogP contribution in [0.25, 0.3) is 0 Å². The molecule has 1 rings (SSSR count). The van der Waals surface area contributed by atoms with Gasteiger partial charge in [-0.25, -0.2) is 4.79 Å². The summed E-state index contributed by atoms with van der Waals surface area (Å²) < 4.78 is -0.222. The molecule has 1 aliphatic heterocycles. The quantitative estimate of drug-likeness (QED) is 0.449. The van der Waals surface area contributed by atoms with Crippen molar-refractivity contribution in [1.82, 2.24) is 0 Å². The number of nitrogens with two attached hydrogens (primary N) is 1. The Kier molecular flexibility index (Phi) is 1.10.